The lowest BCUT2D eigenvalue weighted by atomic mass is 9.74. The smallest absolute Gasteiger partial charge is 0.227 e. The third-order valence-electron chi connectivity index (χ3n) is 3.90. The molecular formula is C15H23ClN2O. The van der Waals surface area contributed by atoms with E-state index in [1.807, 2.05) is 58.9 Å². The van der Waals surface area contributed by atoms with Crippen LogP contribution in [0.15, 0.2) is 24.3 Å². The molecule has 0 saturated heterocycles. The van der Waals surface area contributed by atoms with Crippen molar-refractivity contribution in [3.05, 3.63) is 34.9 Å². The van der Waals surface area contributed by atoms with E-state index in [0.717, 1.165) is 5.56 Å². The van der Waals surface area contributed by atoms with Crippen molar-refractivity contribution in [3.63, 3.8) is 0 Å². The minimum absolute atomic E-state index is 0.0533. The highest BCUT2D eigenvalue weighted by atomic mass is 35.5. The summed E-state index contributed by atoms with van der Waals surface area (Å²) in [5, 5.41) is 3.69. The summed E-state index contributed by atoms with van der Waals surface area (Å²) in [7, 11) is 0. The molecule has 3 N–H and O–H groups in total. The Morgan fingerprint density at radius 1 is 1.21 bits per heavy atom. The molecule has 1 atom stereocenters. The first-order chi connectivity index (χ1) is 8.55. The van der Waals surface area contributed by atoms with E-state index in [2.05, 4.69) is 5.32 Å². The third kappa shape index (κ3) is 3.71. The number of benzene rings is 1. The lowest BCUT2D eigenvalue weighted by molar-refractivity contribution is -0.132. The molecule has 1 aromatic rings. The van der Waals surface area contributed by atoms with Crippen molar-refractivity contribution >= 4 is 17.5 Å². The van der Waals surface area contributed by atoms with E-state index in [-0.39, 0.29) is 11.9 Å². The van der Waals surface area contributed by atoms with Gasteiger partial charge in [-0.25, -0.2) is 0 Å². The highest BCUT2D eigenvalue weighted by molar-refractivity contribution is 6.30. The first-order valence-electron chi connectivity index (χ1n) is 6.41. The SMILES string of the molecule is C[C@H](NC(=O)C(C)(C)C(C)(C)N)c1ccc(Cl)cc1. The standard InChI is InChI=1S/C15H23ClN2O/c1-10(11-6-8-12(16)9-7-11)18-13(19)14(2,3)15(4,5)17/h6-10H,17H2,1-5H3,(H,18,19)/t10-/m0/s1. The topological polar surface area (TPSA) is 55.1 Å². The predicted octanol–water partition coefficient (Wildman–Crippen LogP) is 3.28. The third-order valence-corrected chi connectivity index (χ3v) is 4.15. The van der Waals surface area contributed by atoms with Crippen molar-refractivity contribution in [1.82, 2.24) is 5.32 Å². The molecule has 0 fully saturated rings. The number of carbonyl (C=O) groups excluding carboxylic acids is 1. The maximum absolute atomic E-state index is 12.3. The van der Waals surface area contributed by atoms with Crippen LogP contribution in [0.3, 0.4) is 0 Å². The van der Waals surface area contributed by atoms with Crippen LogP contribution in [0.2, 0.25) is 5.02 Å². The number of hydrogen-bond donors (Lipinski definition) is 2. The van der Waals surface area contributed by atoms with Gasteiger partial charge in [0, 0.05) is 10.6 Å². The monoisotopic (exact) mass is 282 g/mol. The fourth-order valence-corrected chi connectivity index (χ4v) is 1.63. The van der Waals surface area contributed by atoms with Gasteiger partial charge in [-0.15, -0.1) is 0 Å². The molecule has 1 rings (SSSR count). The summed E-state index contributed by atoms with van der Waals surface area (Å²) in [5.74, 6) is -0.0533. The molecule has 0 aliphatic carbocycles. The van der Waals surface area contributed by atoms with Crippen LogP contribution in [-0.2, 0) is 4.79 Å². The van der Waals surface area contributed by atoms with Gasteiger partial charge in [0.05, 0.1) is 11.5 Å². The number of nitrogens with one attached hydrogen (secondary N) is 1. The van der Waals surface area contributed by atoms with Crippen LogP contribution >= 0.6 is 11.6 Å². The largest absolute Gasteiger partial charge is 0.349 e. The number of nitrogens with two attached hydrogens (primary N) is 1. The number of hydrogen-bond acceptors (Lipinski definition) is 2. The summed E-state index contributed by atoms with van der Waals surface area (Å²) in [6, 6.07) is 7.38. The summed E-state index contributed by atoms with van der Waals surface area (Å²) in [6.07, 6.45) is 0. The number of carbonyl (C=O) groups is 1. The molecule has 3 nitrogen and oxygen atoms in total. The zero-order valence-electron chi connectivity index (χ0n) is 12.3. The second-order valence-corrected chi connectivity index (χ2v) is 6.53. The van der Waals surface area contributed by atoms with Crippen LogP contribution < -0.4 is 11.1 Å². The maximum Gasteiger partial charge on any atom is 0.227 e. The molecular weight excluding hydrogens is 260 g/mol. The van der Waals surface area contributed by atoms with E-state index in [0.29, 0.717) is 5.02 Å². The molecule has 1 amide bonds. The Morgan fingerprint density at radius 3 is 2.11 bits per heavy atom. The Bertz CT molecular complexity index is 446. The average Bonchev–Trinajstić information content (AvgIpc) is 2.28. The zero-order chi connectivity index (χ0) is 14.8. The van der Waals surface area contributed by atoms with Gasteiger partial charge in [-0.1, -0.05) is 23.7 Å². The minimum Gasteiger partial charge on any atom is -0.349 e. The van der Waals surface area contributed by atoms with Crippen LogP contribution in [0.25, 0.3) is 0 Å². The van der Waals surface area contributed by atoms with Gasteiger partial charge in [0.15, 0.2) is 0 Å². The highest BCUT2D eigenvalue weighted by Gasteiger charge is 2.40. The second-order valence-electron chi connectivity index (χ2n) is 6.09. The Hall–Kier alpha value is -1.06. The van der Waals surface area contributed by atoms with E-state index in [1.165, 1.54) is 0 Å². The van der Waals surface area contributed by atoms with Crippen LogP contribution in [-0.4, -0.2) is 11.4 Å². The van der Waals surface area contributed by atoms with Crippen molar-refractivity contribution in [3.8, 4) is 0 Å². The number of halogens is 1. The van der Waals surface area contributed by atoms with Crippen LogP contribution in [0.5, 0.6) is 0 Å². The van der Waals surface area contributed by atoms with Crippen LogP contribution in [0.1, 0.15) is 46.2 Å². The molecule has 106 valence electrons. The van der Waals surface area contributed by atoms with E-state index in [4.69, 9.17) is 17.3 Å². The van der Waals surface area contributed by atoms with Gasteiger partial charge in [0.2, 0.25) is 5.91 Å². The molecule has 19 heavy (non-hydrogen) atoms. The summed E-state index contributed by atoms with van der Waals surface area (Å²) >= 11 is 5.85. The lowest BCUT2D eigenvalue weighted by Crippen LogP contribution is -2.55. The first kappa shape index (κ1) is 16.0. The molecule has 0 spiro atoms. The van der Waals surface area contributed by atoms with E-state index in [9.17, 15) is 4.79 Å². The van der Waals surface area contributed by atoms with E-state index in [1.54, 1.807) is 0 Å². The van der Waals surface area contributed by atoms with E-state index < -0.39 is 11.0 Å². The van der Waals surface area contributed by atoms with Crippen molar-refractivity contribution in [2.45, 2.75) is 46.2 Å². The lowest BCUT2D eigenvalue weighted by Gasteiger charge is -2.37. The Balaban J connectivity index is 2.80. The highest BCUT2D eigenvalue weighted by Crippen LogP contribution is 2.29. The van der Waals surface area contributed by atoms with Crippen LogP contribution in [0, 0.1) is 5.41 Å². The molecule has 0 bridgehead atoms. The normalized spacial score (nSPS) is 14.1. The summed E-state index contributed by atoms with van der Waals surface area (Å²) < 4.78 is 0. The molecule has 0 saturated carbocycles. The number of amides is 1. The molecule has 0 aromatic heterocycles. The Morgan fingerprint density at radius 2 is 1.68 bits per heavy atom. The fraction of sp³-hybridized carbons (Fsp3) is 0.533. The fourth-order valence-electron chi connectivity index (χ4n) is 1.50. The predicted molar refractivity (Wildman–Crippen MR) is 80.1 cm³/mol. The van der Waals surface area contributed by atoms with Gasteiger partial charge in [-0.05, 0) is 52.3 Å². The van der Waals surface area contributed by atoms with Gasteiger partial charge in [0.1, 0.15) is 0 Å². The van der Waals surface area contributed by atoms with Gasteiger partial charge >= 0.3 is 0 Å². The van der Waals surface area contributed by atoms with Crippen molar-refractivity contribution in [2.24, 2.45) is 11.1 Å². The first-order valence-corrected chi connectivity index (χ1v) is 6.79. The van der Waals surface area contributed by atoms with Crippen molar-refractivity contribution in [1.29, 1.82) is 0 Å². The molecule has 4 heteroatoms. The van der Waals surface area contributed by atoms with Gasteiger partial charge in [0.25, 0.3) is 0 Å². The number of rotatable bonds is 4. The molecule has 0 aliphatic rings. The molecule has 0 heterocycles. The Kier molecular flexibility index (Phi) is 4.64. The minimum atomic E-state index is -0.645. The molecule has 0 aliphatic heterocycles. The van der Waals surface area contributed by atoms with E-state index >= 15 is 0 Å². The maximum atomic E-state index is 12.3. The van der Waals surface area contributed by atoms with Crippen LogP contribution in [0.4, 0.5) is 0 Å². The van der Waals surface area contributed by atoms with Gasteiger partial charge in [-0.3, -0.25) is 4.79 Å². The average molecular weight is 283 g/mol. The van der Waals surface area contributed by atoms with Gasteiger partial charge in [-0.2, -0.15) is 0 Å². The van der Waals surface area contributed by atoms with Gasteiger partial charge < -0.3 is 11.1 Å². The Labute approximate surface area is 120 Å². The summed E-state index contributed by atoms with van der Waals surface area (Å²) in [5.41, 5.74) is 5.86. The molecule has 0 unspecified atom stereocenters. The second kappa shape index (κ2) is 5.51. The van der Waals surface area contributed by atoms with Crippen molar-refractivity contribution < 1.29 is 4.79 Å². The molecule has 0 radical (unpaired) electrons. The summed E-state index contributed by atoms with van der Waals surface area (Å²) in [6.45, 7) is 9.38. The zero-order valence-corrected chi connectivity index (χ0v) is 13.0. The summed E-state index contributed by atoms with van der Waals surface area (Å²) in [4.78, 5) is 12.3. The molecule has 1 aromatic carbocycles. The van der Waals surface area contributed by atoms with Crippen molar-refractivity contribution in [2.75, 3.05) is 0 Å². The quantitative estimate of drug-likeness (QED) is 0.890.